The van der Waals surface area contributed by atoms with Gasteiger partial charge in [-0.15, -0.1) is 0 Å². The van der Waals surface area contributed by atoms with Crippen molar-refractivity contribution in [1.29, 1.82) is 0 Å². The van der Waals surface area contributed by atoms with Crippen LogP contribution in [-0.4, -0.2) is 29.7 Å². The molecule has 0 spiro atoms. The van der Waals surface area contributed by atoms with Gasteiger partial charge in [0.25, 0.3) is 0 Å². The van der Waals surface area contributed by atoms with Gasteiger partial charge in [0, 0.05) is 0 Å². The van der Waals surface area contributed by atoms with Gasteiger partial charge in [0.15, 0.2) is 0 Å². The molecule has 0 bridgehead atoms. The van der Waals surface area contributed by atoms with Crippen LogP contribution in [-0.2, 0) is 4.74 Å². The van der Waals surface area contributed by atoms with Crippen LogP contribution in [0.2, 0.25) is 0 Å². The van der Waals surface area contributed by atoms with E-state index in [9.17, 15) is 4.79 Å². The molecule has 0 aliphatic rings. The summed E-state index contributed by atoms with van der Waals surface area (Å²) in [5, 5.41) is 0. The lowest BCUT2D eigenvalue weighted by molar-refractivity contribution is 0.0603. The number of aromatic nitrogens is 2. The minimum absolute atomic E-state index is 0.394. The molecule has 0 atom stereocenters. The fourth-order valence-electron chi connectivity index (χ4n) is 2.42. The maximum absolute atomic E-state index is 11.8. The zero-order chi connectivity index (χ0) is 16.9. The average molecular weight is 322 g/mol. The number of nitrogens with one attached hydrogen (secondary N) is 1. The zero-order valence-electron chi connectivity index (χ0n) is 13.6. The van der Waals surface area contributed by atoms with E-state index in [1.54, 1.807) is 12.1 Å². The minimum Gasteiger partial charge on any atom is -0.494 e. The Balaban J connectivity index is 1.86. The molecule has 0 saturated heterocycles. The van der Waals surface area contributed by atoms with Crippen LogP contribution >= 0.6 is 0 Å². The molecule has 0 aliphatic heterocycles. The van der Waals surface area contributed by atoms with E-state index in [1.165, 1.54) is 7.11 Å². The number of methoxy groups -OCH3 is 1. The molecule has 1 N–H and O–H groups in total. The van der Waals surface area contributed by atoms with Crippen LogP contribution in [0.3, 0.4) is 0 Å². The predicted octanol–water partition coefficient (Wildman–Crippen LogP) is 3.92. The second-order valence-electron chi connectivity index (χ2n) is 5.15. The summed E-state index contributed by atoms with van der Waals surface area (Å²) >= 11 is 0. The molecule has 5 nitrogen and oxygen atoms in total. The molecule has 1 aromatic heterocycles. The number of aromatic amines is 1. The quantitative estimate of drug-likeness (QED) is 0.723. The number of hydrogen-bond acceptors (Lipinski definition) is 4. The Bertz CT molecular complexity index is 879. The molecule has 0 aliphatic carbocycles. The van der Waals surface area contributed by atoms with Crippen molar-refractivity contribution >= 4 is 29.2 Å². The van der Waals surface area contributed by atoms with E-state index >= 15 is 0 Å². The van der Waals surface area contributed by atoms with Gasteiger partial charge in [0.2, 0.25) is 0 Å². The van der Waals surface area contributed by atoms with Crippen LogP contribution in [0.25, 0.3) is 23.2 Å². The molecule has 5 heteroatoms. The van der Waals surface area contributed by atoms with Gasteiger partial charge in [-0.1, -0.05) is 24.3 Å². The molecule has 2 aromatic carbocycles. The number of H-pyrrole nitrogens is 1. The van der Waals surface area contributed by atoms with Gasteiger partial charge in [-0.25, -0.2) is 9.78 Å². The first-order chi connectivity index (χ1) is 11.7. The molecule has 24 heavy (non-hydrogen) atoms. The normalized spacial score (nSPS) is 11.1. The van der Waals surface area contributed by atoms with Gasteiger partial charge >= 0.3 is 5.97 Å². The third-order valence-corrected chi connectivity index (χ3v) is 3.56. The summed E-state index contributed by atoms with van der Waals surface area (Å²) in [5.41, 5.74) is 2.89. The summed E-state index contributed by atoms with van der Waals surface area (Å²) in [6.07, 6.45) is 3.82. The van der Waals surface area contributed by atoms with Crippen LogP contribution in [0.15, 0.2) is 42.5 Å². The summed E-state index contributed by atoms with van der Waals surface area (Å²) in [4.78, 5) is 19.5. The van der Waals surface area contributed by atoms with Crippen LogP contribution in [0.4, 0.5) is 0 Å². The lowest BCUT2D eigenvalue weighted by Crippen LogP contribution is -2.01. The lowest BCUT2D eigenvalue weighted by Gasteiger charge is -2.01. The molecule has 0 unspecified atom stereocenters. The molecule has 0 amide bonds. The van der Waals surface area contributed by atoms with Crippen LogP contribution in [0.1, 0.15) is 28.7 Å². The molecule has 122 valence electrons. The second kappa shape index (κ2) is 7.00. The lowest BCUT2D eigenvalue weighted by atomic mass is 10.2. The van der Waals surface area contributed by atoms with Crippen LogP contribution in [0, 0.1) is 0 Å². The number of fused-ring (bicyclic) bond motifs is 1. The van der Waals surface area contributed by atoms with E-state index in [1.807, 2.05) is 49.4 Å². The van der Waals surface area contributed by atoms with Crippen molar-refractivity contribution in [2.75, 3.05) is 13.7 Å². The highest BCUT2D eigenvalue weighted by molar-refractivity contribution is 6.02. The number of hydrogen-bond donors (Lipinski definition) is 1. The van der Waals surface area contributed by atoms with Crippen molar-refractivity contribution in [3.63, 3.8) is 0 Å². The molecule has 3 aromatic rings. The summed E-state index contributed by atoms with van der Waals surface area (Å²) in [5.74, 6) is 1.13. The number of para-hydroxylation sites is 1. The zero-order valence-corrected chi connectivity index (χ0v) is 13.6. The average Bonchev–Trinajstić information content (AvgIpc) is 3.03. The van der Waals surface area contributed by atoms with Gasteiger partial charge in [0.1, 0.15) is 17.1 Å². The highest BCUT2D eigenvalue weighted by Gasteiger charge is 2.12. The van der Waals surface area contributed by atoms with Crippen LogP contribution < -0.4 is 4.74 Å². The van der Waals surface area contributed by atoms with Crippen LogP contribution in [0.5, 0.6) is 5.75 Å². The predicted molar refractivity (Wildman–Crippen MR) is 94.0 cm³/mol. The molecule has 3 rings (SSSR count). The number of carbonyl (C=O) groups is 1. The Morgan fingerprint density at radius 2 is 1.96 bits per heavy atom. The molecule has 1 heterocycles. The van der Waals surface area contributed by atoms with Crippen molar-refractivity contribution in [1.82, 2.24) is 9.97 Å². The third kappa shape index (κ3) is 3.30. The fourth-order valence-corrected chi connectivity index (χ4v) is 2.42. The van der Waals surface area contributed by atoms with E-state index in [2.05, 4.69) is 9.97 Å². The third-order valence-electron chi connectivity index (χ3n) is 3.56. The summed E-state index contributed by atoms with van der Waals surface area (Å²) < 4.78 is 10.2. The van der Waals surface area contributed by atoms with Gasteiger partial charge < -0.3 is 14.5 Å². The maximum atomic E-state index is 11.8. The summed E-state index contributed by atoms with van der Waals surface area (Å²) in [7, 11) is 1.36. The van der Waals surface area contributed by atoms with Gasteiger partial charge in [0.05, 0.1) is 24.8 Å². The topological polar surface area (TPSA) is 64.2 Å². The molecular weight excluding hydrogens is 304 g/mol. The Hall–Kier alpha value is -3.08. The Morgan fingerprint density at radius 3 is 2.67 bits per heavy atom. The van der Waals surface area contributed by atoms with Gasteiger partial charge in [-0.2, -0.15) is 0 Å². The Kier molecular flexibility index (Phi) is 4.61. The first-order valence-corrected chi connectivity index (χ1v) is 7.69. The van der Waals surface area contributed by atoms with Gasteiger partial charge in [-0.3, -0.25) is 0 Å². The summed E-state index contributed by atoms with van der Waals surface area (Å²) in [6, 6.07) is 13.2. The maximum Gasteiger partial charge on any atom is 0.340 e. The monoisotopic (exact) mass is 322 g/mol. The van der Waals surface area contributed by atoms with Crippen molar-refractivity contribution in [3.05, 3.63) is 59.4 Å². The van der Waals surface area contributed by atoms with E-state index in [-0.39, 0.29) is 0 Å². The largest absolute Gasteiger partial charge is 0.494 e. The van der Waals surface area contributed by atoms with E-state index in [0.717, 1.165) is 16.8 Å². The summed E-state index contributed by atoms with van der Waals surface area (Å²) in [6.45, 7) is 2.61. The smallest absolute Gasteiger partial charge is 0.340 e. The van der Waals surface area contributed by atoms with Crippen molar-refractivity contribution in [3.8, 4) is 5.75 Å². The highest BCUT2D eigenvalue weighted by atomic mass is 16.5. The Labute approximate surface area is 139 Å². The molecule has 0 saturated carbocycles. The number of ether oxygens (including phenoxy) is 2. The fraction of sp³-hybridized carbons (Fsp3) is 0.158. The standard InChI is InChI=1S/C19H18N2O3/c1-3-24-14-10-7-13(8-11-14)9-12-17-20-16-6-4-5-15(18(16)21-17)19(22)23-2/h4-12H,3H2,1-2H3,(H,20,21)/b12-9+. The number of carbonyl (C=O) groups excluding carboxylic acids is 1. The SMILES string of the molecule is CCOc1ccc(/C=C/c2nc3c(C(=O)OC)cccc3[nH]2)cc1. The van der Waals surface area contributed by atoms with E-state index < -0.39 is 5.97 Å². The van der Waals surface area contributed by atoms with Gasteiger partial charge in [-0.05, 0) is 42.8 Å². The number of benzene rings is 2. The second-order valence-corrected chi connectivity index (χ2v) is 5.15. The minimum atomic E-state index is -0.394. The first-order valence-electron chi connectivity index (χ1n) is 7.69. The van der Waals surface area contributed by atoms with E-state index in [0.29, 0.717) is 23.5 Å². The molecule has 0 radical (unpaired) electrons. The molecular formula is C19H18N2O3. The number of imidazole rings is 1. The van der Waals surface area contributed by atoms with E-state index in [4.69, 9.17) is 9.47 Å². The number of rotatable bonds is 5. The van der Waals surface area contributed by atoms with Crippen molar-refractivity contribution < 1.29 is 14.3 Å². The van der Waals surface area contributed by atoms with Crippen molar-refractivity contribution in [2.45, 2.75) is 6.92 Å². The Morgan fingerprint density at radius 1 is 1.17 bits per heavy atom. The highest BCUT2D eigenvalue weighted by Crippen LogP contribution is 2.19. The first kappa shape index (κ1) is 15.8. The molecule has 0 fully saturated rings. The van der Waals surface area contributed by atoms with Crippen molar-refractivity contribution in [2.24, 2.45) is 0 Å². The number of esters is 1. The number of nitrogens with zero attached hydrogens (tertiary/aromatic N) is 1.